The van der Waals surface area contributed by atoms with Gasteiger partial charge in [0, 0.05) is 30.5 Å². The van der Waals surface area contributed by atoms with Crippen LogP contribution >= 0.6 is 0 Å². The number of aryl methyl sites for hydroxylation is 1. The molecule has 1 N–H and O–H groups in total. The monoisotopic (exact) mass is 177 g/mol. The van der Waals surface area contributed by atoms with E-state index in [1.165, 1.54) is 12.0 Å². The van der Waals surface area contributed by atoms with Gasteiger partial charge in [0.1, 0.15) is 5.82 Å². The van der Waals surface area contributed by atoms with Crippen molar-refractivity contribution in [2.24, 2.45) is 5.92 Å². The Labute approximate surface area is 78.6 Å². The first-order chi connectivity index (χ1) is 6.25. The van der Waals surface area contributed by atoms with Crippen molar-refractivity contribution in [3.05, 3.63) is 23.8 Å². The topological polar surface area (TPSA) is 37.8 Å². The van der Waals surface area contributed by atoms with Crippen molar-refractivity contribution in [3.8, 4) is 0 Å². The Balaban J connectivity index is 1.84. The number of rotatable bonds is 3. The highest BCUT2D eigenvalue weighted by Gasteiger charge is 2.31. The SMILES string of the molecule is Cc1ncc(CN[C@@H]2C[C@H]2C)cn1. The van der Waals surface area contributed by atoms with Crippen molar-refractivity contribution in [2.75, 3.05) is 0 Å². The minimum Gasteiger partial charge on any atom is -0.310 e. The molecule has 2 atom stereocenters. The van der Waals surface area contributed by atoms with Crippen molar-refractivity contribution >= 4 is 0 Å². The van der Waals surface area contributed by atoms with Crippen LogP contribution in [0.1, 0.15) is 24.7 Å². The van der Waals surface area contributed by atoms with Crippen LogP contribution in [-0.4, -0.2) is 16.0 Å². The van der Waals surface area contributed by atoms with Crippen molar-refractivity contribution in [3.63, 3.8) is 0 Å². The van der Waals surface area contributed by atoms with Gasteiger partial charge in [-0.05, 0) is 19.3 Å². The molecule has 0 aromatic carbocycles. The Morgan fingerprint density at radius 3 is 2.62 bits per heavy atom. The van der Waals surface area contributed by atoms with E-state index in [1.54, 1.807) is 0 Å². The Bertz CT molecular complexity index is 281. The van der Waals surface area contributed by atoms with Crippen LogP contribution in [0, 0.1) is 12.8 Å². The summed E-state index contributed by atoms with van der Waals surface area (Å²) in [5, 5.41) is 3.46. The molecule has 1 fully saturated rings. The number of hydrogen-bond donors (Lipinski definition) is 1. The second-order valence-corrected chi connectivity index (χ2v) is 3.84. The van der Waals surface area contributed by atoms with E-state index in [4.69, 9.17) is 0 Å². The number of nitrogens with one attached hydrogen (secondary N) is 1. The van der Waals surface area contributed by atoms with Gasteiger partial charge in [-0.1, -0.05) is 6.92 Å². The smallest absolute Gasteiger partial charge is 0.125 e. The van der Waals surface area contributed by atoms with Gasteiger partial charge < -0.3 is 5.32 Å². The molecule has 1 aromatic heterocycles. The molecule has 0 aliphatic heterocycles. The van der Waals surface area contributed by atoms with Crippen molar-refractivity contribution in [1.29, 1.82) is 0 Å². The number of hydrogen-bond acceptors (Lipinski definition) is 3. The molecule has 3 nitrogen and oxygen atoms in total. The summed E-state index contributed by atoms with van der Waals surface area (Å²) in [6.07, 6.45) is 5.09. The largest absolute Gasteiger partial charge is 0.310 e. The summed E-state index contributed by atoms with van der Waals surface area (Å²) in [6.45, 7) is 5.07. The van der Waals surface area contributed by atoms with Crippen LogP contribution in [0.3, 0.4) is 0 Å². The highest BCUT2D eigenvalue weighted by molar-refractivity contribution is 5.05. The molecule has 0 amide bonds. The van der Waals surface area contributed by atoms with Crippen molar-refractivity contribution in [1.82, 2.24) is 15.3 Å². The Morgan fingerprint density at radius 2 is 2.08 bits per heavy atom. The molecule has 70 valence electrons. The third-order valence-corrected chi connectivity index (χ3v) is 2.51. The Kier molecular flexibility index (Phi) is 2.27. The molecular formula is C10H15N3. The summed E-state index contributed by atoms with van der Waals surface area (Å²) in [6, 6.07) is 0.723. The first kappa shape index (κ1) is 8.63. The molecule has 1 aliphatic rings. The molecule has 0 radical (unpaired) electrons. The molecule has 0 saturated heterocycles. The molecule has 0 spiro atoms. The van der Waals surface area contributed by atoms with Crippen LogP contribution in [0.2, 0.25) is 0 Å². The number of aromatic nitrogens is 2. The van der Waals surface area contributed by atoms with Gasteiger partial charge in [0.15, 0.2) is 0 Å². The normalized spacial score (nSPS) is 26.0. The first-order valence-corrected chi connectivity index (χ1v) is 4.76. The lowest BCUT2D eigenvalue weighted by atomic mass is 10.3. The highest BCUT2D eigenvalue weighted by Crippen LogP contribution is 2.29. The predicted octanol–water partition coefficient (Wildman–Crippen LogP) is 1.28. The van der Waals surface area contributed by atoms with Crippen LogP contribution in [0.15, 0.2) is 12.4 Å². The standard InChI is InChI=1S/C10H15N3/c1-7-3-10(7)13-6-9-4-11-8(2)12-5-9/h4-5,7,10,13H,3,6H2,1-2H3/t7-,10-/m1/s1. The first-order valence-electron chi connectivity index (χ1n) is 4.76. The summed E-state index contributed by atoms with van der Waals surface area (Å²) in [5.41, 5.74) is 1.17. The molecular weight excluding hydrogens is 162 g/mol. The van der Waals surface area contributed by atoms with Gasteiger partial charge in [-0.15, -0.1) is 0 Å². The van der Waals surface area contributed by atoms with E-state index in [1.807, 2.05) is 19.3 Å². The summed E-state index contributed by atoms with van der Waals surface area (Å²) in [5.74, 6) is 1.69. The van der Waals surface area contributed by atoms with E-state index >= 15 is 0 Å². The molecule has 13 heavy (non-hydrogen) atoms. The fourth-order valence-electron chi connectivity index (χ4n) is 1.37. The zero-order chi connectivity index (χ0) is 9.26. The zero-order valence-electron chi connectivity index (χ0n) is 8.12. The third kappa shape index (κ3) is 2.25. The molecule has 0 bridgehead atoms. The van der Waals surface area contributed by atoms with Crippen LogP contribution in [0.4, 0.5) is 0 Å². The fourth-order valence-corrected chi connectivity index (χ4v) is 1.37. The second kappa shape index (κ2) is 3.42. The van der Waals surface area contributed by atoms with E-state index in [-0.39, 0.29) is 0 Å². The van der Waals surface area contributed by atoms with E-state index < -0.39 is 0 Å². The van der Waals surface area contributed by atoms with Crippen molar-refractivity contribution in [2.45, 2.75) is 32.9 Å². The van der Waals surface area contributed by atoms with Gasteiger partial charge in [-0.3, -0.25) is 0 Å². The van der Waals surface area contributed by atoms with E-state index in [9.17, 15) is 0 Å². The fraction of sp³-hybridized carbons (Fsp3) is 0.600. The van der Waals surface area contributed by atoms with Crippen molar-refractivity contribution < 1.29 is 0 Å². The average molecular weight is 177 g/mol. The van der Waals surface area contributed by atoms with Crippen LogP contribution in [-0.2, 0) is 6.54 Å². The zero-order valence-corrected chi connectivity index (χ0v) is 8.12. The molecule has 1 aliphatic carbocycles. The van der Waals surface area contributed by atoms with E-state index in [2.05, 4.69) is 22.2 Å². The summed E-state index contributed by atoms with van der Waals surface area (Å²) in [4.78, 5) is 8.29. The van der Waals surface area contributed by atoms with E-state index in [0.717, 1.165) is 24.3 Å². The van der Waals surface area contributed by atoms with Gasteiger partial charge >= 0.3 is 0 Å². The summed E-state index contributed by atoms with van der Waals surface area (Å²) < 4.78 is 0. The predicted molar refractivity (Wildman–Crippen MR) is 51.2 cm³/mol. The van der Waals surface area contributed by atoms with Crippen LogP contribution in [0.25, 0.3) is 0 Å². The molecule has 2 rings (SSSR count). The molecule has 1 saturated carbocycles. The second-order valence-electron chi connectivity index (χ2n) is 3.84. The lowest BCUT2D eigenvalue weighted by Gasteiger charge is -2.02. The molecule has 0 unspecified atom stereocenters. The van der Waals surface area contributed by atoms with Gasteiger partial charge in [-0.2, -0.15) is 0 Å². The van der Waals surface area contributed by atoms with Gasteiger partial charge in [0.2, 0.25) is 0 Å². The molecule has 1 heterocycles. The quantitative estimate of drug-likeness (QED) is 0.755. The van der Waals surface area contributed by atoms with Crippen LogP contribution < -0.4 is 5.32 Å². The third-order valence-electron chi connectivity index (χ3n) is 2.51. The highest BCUT2D eigenvalue weighted by atomic mass is 15.0. The minimum absolute atomic E-state index is 0.723. The lowest BCUT2D eigenvalue weighted by Crippen LogP contribution is -2.17. The van der Waals surface area contributed by atoms with Gasteiger partial charge in [0.25, 0.3) is 0 Å². The van der Waals surface area contributed by atoms with Gasteiger partial charge in [0.05, 0.1) is 0 Å². The molecule has 3 heteroatoms. The maximum absolute atomic E-state index is 4.15. The molecule has 1 aromatic rings. The summed E-state index contributed by atoms with van der Waals surface area (Å²) >= 11 is 0. The lowest BCUT2D eigenvalue weighted by molar-refractivity contribution is 0.648. The van der Waals surface area contributed by atoms with E-state index in [0.29, 0.717) is 0 Å². The maximum Gasteiger partial charge on any atom is 0.125 e. The van der Waals surface area contributed by atoms with Gasteiger partial charge in [-0.25, -0.2) is 9.97 Å². The Hall–Kier alpha value is -0.960. The average Bonchev–Trinajstić information content (AvgIpc) is 2.81. The summed E-state index contributed by atoms with van der Waals surface area (Å²) in [7, 11) is 0. The Morgan fingerprint density at radius 1 is 1.46 bits per heavy atom. The van der Waals surface area contributed by atoms with Crippen LogP contribution in [0.5, 0.6) is 0 Å². The minimum atomic E-state index is 0.723. The maximum atomic E-state index is 4.15. The number of nitrogens with zero attached hydrogens (tertiary/aromatic N) is 2.